The lowest BCUT2D eigenvalue weighted by Crippen LogP contribution is -2.23. The number of Topliss-reactive ketones (excluding diaryl/α,β-unsaturated/α-hetero) is 1. The van der Waals surface area contributed by atoms with E-state index in [9.17, 15) is 9.18 Å². The highest BCUT2D eigenvalue weighted by Crippen LogP contribution is 2.21. The quantitative estimate of drug-likeness (QED) is 0.684. The van der Waals surface area contributed by atoms with Crippen LogP contribution in [0.1, 0.15) is 27.3 Å². The van der Waals surface area contributed by atoms with Crippen molar-refractivity contribution in [3.63, 3.8) is 0 Å². The predicted molar refractivity (Wildman–Crippen MR) is 97.7 cm³/mol. The first-order valence-electron chi connectivity index (χ1n) is 8.29. The molecule has 0 unspecified atom stereocenters. The molecule has 0 atom stereocenters. The van der Waals surface area contributed by atoms with Crippen molar-refractivity contribution in [2.45, 2.75) is 20.4 Å². The number of carbonyl (C=O) groups excluding carboxylic acids is 1. The van der Waals surface area contributed by atoms with Gasteiger partial charge in [-0.3, -0.25) is 4.79 Å². The molecule has 0 fully saturated rings. The molecular weight excluding hydrogens is 315 g/mol. The van der Waals surface area contributed by atoms with Crippen LogP contribution in [0, 0.1) is 19.7 Å². The van der Waals surface area contributed by atoms with Gasteiger partial charge < -0.3 is 9.88 Å². The summed E-state index contributed by atoms with van der Waals surface area (Å²) in [7, 11) is 0. The fourth-order valence-corrected chi connectivity index (χ4v) is 3.04. The molecule has 0 aliphatic heterocycles. The molecule has 4 heteroatoms. The maximum Gasteiger partial charge on any atom is 0.178 e. The van der Waals surface area contributed by atoms with Crippen LogP contribution in [-0.4, -0.2) is 16.9 Å². The summed E-state index contributed by atoms with van der Waals surface area (Å²) in [5, 5.41) is 3.19. The zero-order chi connectivity index (χ0) is 17.8. The number of carbonyl (C=O) groups is 1. The van der Waals surface area contributed by atoms with E-state index >= 15 is 0 Å². The van der Waals surface area contributed by atoms with Gasteiger partial charge in [-0.1, -0.05) is 30.3 Å². The average molecular weight is 336 g/mol. The molecule has 25 heavy (non-hydrogen) atoms. The largest absolute Gasteiger partial charge is 0.318 e. The zero-order valence-electron chi connectivity index (χ0n) is 14.4. The number of hydrogen-bond acceptors (Lipinski definition) is 2. The van der Waals surface area contributed by atoms with Crippen molar-refractivity contribution < 1.29 is 9.18 Å². The van der Waals surface area contributed by atoms with Crippen LogP contribution in [-0.2, 0) is 6.54 Å². The molecule has 3 rings (SSSR count). The first kappa shape index (κ1) is 17.1. The fourth-order valence-electron chi connectivity index (χ4n) is 3.04. The van der Waals surface area contributed by atoms with E-state index in [4.69, 9.17) is 0 Å². The topological polar surface area (TPSA) is 34.0 Å². The highest BCUT2D eigenvalue weighted by atomic mass is 19.1. The van der Waals surface area contributed by atoms with Crippen molar-refractivity contribution in [1.82, 2.24) is 9.88 Å². The van der Waals surface area contributed by atoms with Gasteiger partial charge in [0.05, 0.1) is 6.54 Å². The summed E-state index contributed by atoms with van der Waals surface area (Å²) in [6.45, 7) is 4.80. The number of ketones is 1. The highest BCUT2D eigenvalue weighted by Gasteiger charge is 2.16. The molecule has 0 saturated carbocycles. The monoisotopic (exact) mass is 336 g/mol. The van der Waals surface area contributed by atoms with Crippen LogP contribution in [0.4, 0.5) is 4.39 Å². The van der Waals surface area contributed by atoms with Gasteiger partial charge in [0.2, 0.25) is 0 Å². The summed E-state index contributed by atoms with van der Waals surface area (Å²) >= 11 is 0. The van der Waals surface area contributed by atoms with Gasteiger partial charge in [0, 0.05) is 29.2 Å². The predicted octanol–water partition coefficient (Wildman–Crippen LogP) is 4.21. The number of rotatable bonds is 6. The molecule has 1 aromatic heterocycles. The Morgan fingerprint density at radius 3 is 2.40 bits per heavy atom. The molecule has 0 bridgehead atoms. The number of halogens is 1. The summed E-state index contributed by atoms with van der Waals surface area (Å²) in [5.41, 5.74) is 4.52. The van der Waals surface area contributed by atoms with Crippen LogP contribution in [0.5, 0.6) is 0 Å². The molecule has 0 radical (unpaired) electrons. The normalized spacial score (nSPS) is 10.8. The lowest BCUT2D eigenvalue weighted by Gasteiger charge is -2.10. The third-order valence-corrected chi connectivity index (χ3v) is 4.27. The summed E-state index contributed by atoms with van der Waals surface area (Å²) in [4.78, 5) is 12.6. The summed E-state index contributed by atoms with van der Waals surface area (Å²) < 4.78 is 15.1. The van der Waals surface area contributed by atoms with E-state index in [1.54, 1.807) is 12.1 Å². The van der Waals surface area contributed by atoms with E-state index in [1.807, 2.05) is 54.8 Å². The van der Waals surface area contributed by atoms with Crippen LogP contribution in [0.25, 0.3) is 5.69 Å². The van der Waals surface area contributed by atoms with Crippen molar-refractivity contribution in [3.05, 3.63) is 89.0 Å². The second kappa shape index (κ2) is 7.45. The minimum atomic E-state index is -0.271. The number of hydrogen-bond donors (Lipinski definition) is 1. The van der Waals surface area contributed by atoms with Gasteiger partial charge in [0.1, 0.15) is 5.82 Å². The van der Waals surface area contributed by atoms with Gasteiger partial charge in [-0.2, -0.15) is 0 Å². The van der Waals surface area contributed by atoms with Crippen molar-refractivity contribution in [1.29, 1.82) is 0 Å². The fraction of sp³-hybridized carbons (Fsp3) is 0.190. The van der Waals surface area contributed by atoms with Crippen LogP contribution in [0.2, 0.25) is 0 Å². The molecule has 3 aromatic rings. The van der Waals surface area contributed by atoms with Crippen LogP contribution >= 0.6 is 0 Å². The van der Waals surface area contributed by atoms with Gasteiger partial charge >= 0.3 is 0 Å². The molecule has 0 aliphatic carbocycles. The van der Waals surface area contributed by atoms with E-state index in [0.717, 1.165) is 22.6 Å². The maximum absolute atomic E-state index is 13.1. The van der Waals surface area contributed by atoms with Crippen molar-refractivity contribution in [2.75, 3.05) is 6.54 Å². The summed E-state index contributed by atoms with van der Waals surface area (Å²) in [6.07, 6.45) is 0. The number of aromatic nitrogens is 1. The van der Waals surface area contributed by atoms with Gasteiger partial charge in [-0.05, 0) is 49.7 Å². The average Bonchev–Trinajstić information content (AvgIpc) is 2.91. The molecule has 128 valence electrons. The SMILES string of the molecule is Cc1cc(C(=O)CNCc2ccccc2)c(C)n1-c1ccc(F)cc1. The number of benzene rings is 2. The first-order chi connectivity index (χ1) is 12.1. The molecule has 0 amide bonds. The highest BCUT2D eigenvalue weighted by molar-refractivity contribution is 5.99. The Morgan fingerprint density at radius 2 is 1.72 bits per heavy atom. The van der Waals surface area contributed by atoms with Crippen molar-refractivity contribution in [3.8, 4) is 5.69 Å². The summed E-state index contributed by atoms with van der Waals surface area (Å²) in [6, 6.07) is 18.2. The van der Waals surface area contributed by atoms with Gasteiger partial charge in [-0.25, -0.2) is 4.39 Å². The van der Waals surface area contributed by atoms with Gasteiger partial charge in [0.25, 0.3) is 0 Å². The number of aryl methyl sites for hydroxylation is 1. The number of nitrogens with zero attached hydrogens (tertiary/aromatic N) is 1. The zero-order valence-corrected chi connectivity index (χ0v) is 14.4. The molecule has 1 heterocycles. The molecular formula is C21H21FN2O. The van der Waals surface area contributed by atoms with E-state index < -0.39 is 0 Å². The second-order valence-electron chi connectivity index (χ2n) is 6.11. The van der Waals surface area contributed by atoms with Crippen LogP contribution in [0.3, 0.4) is 0 Å². The van der Waals surface area contributed by atoms with E-state index in [-0.39, 0.29) is 18.1 Å². The summed E-state index contributed by atoms with van der Waals surface area (Å²) in [5.74, 6) is -0.218. The molecule has 0 saturated heterocycles. The molecule has 0 spiro atoms. The minimum Gasteiger partial charge on any atom is -0.318 e. The minimum absolute atomic E-state index is 0.0531. The molecule has 1 N–H and O–H groups in total. The Labute approximate surface area is 147 Å². The molecule has 2 aromatic carbocycles. The standard InChI is InChI=1S/C21H21FN2O/c1-15-12-20(16(2)24(15)19-10-8-18(22)9-11-19)21(25)14-23-13-17-6-4-3-5-7-17/h3-12,23H,13-14H2,1-2H3. The molecule has 0 aliphatic rings. The van der Waals surface area contributed by atoms with Gasteiger partial charge in [0.15, 0.2) is 5.78 Å². The third-order valence-electron chi connectivity index (χ3n) is 4.27. The Morgan fingerprint density at radius 1 is 1.04 bits per heavy atom. The lowest BCUT2D eigenvalue weighted by atomic mass is 10.1. The first-order valence-corrected chi connectivity index (χ1v) is 8.29. The van der Waals surface area contributed by atoms with Gasteiger partial charge in [-0.15, -0.1) is 0 Å². The Bertz CT molecular complexity index is 867. The number of nitrogens with one attached hydrogen (secondary N) is 1. The molecule has 3 nitrogen and oxygen atoms in total. The maximum atomic E-state index is 13.1. The Kier molecular flexibility index (Phi) is 5.10. The lowest BCUT2D eigenvalue weighted by molar-refractivity contribution is 0.0990. The Balaban J connectivity index is 1.73. The van der Waals surface area contributed by atoms with E-state index in [2.05, 4.69) is 5.32 Å². The van der Waals surface area contributed by atoms with E-state index in [0.29, 0.717) is 12.1 Å². The van der Waals surface area contributed by atoms with Crippen LogP contribution < -0.4 is 5.32 Å². The smallest absolute Gasteiger partial charge is 0.178 e. The third kappa shape index (κ3) is 3.86. The Hall–Kier alpha value is -2.72. The second-order valence-corrected chi connectivity index (χ2v) is 6.11. The van der Waals surface area contributed by atoms with Crippen LogP contribution in [0.15, 0.2) is 60.7 Å². The van der Waals surface area contributed by atoms with Crippen molar-refractivity contribution in [2.24, 2.45) is 0 Å². The van der Waals surface area contributed by atoms with E-state index in [1.165, 1.54) is 12.1 Å². The van der Waals surface area contributed by atoms with Crippen molar-refractivity contribution >= 4 is 5.78 Å².